The average Bonchev–Trinajstić information content (AvgIpc) is 2.17. The molecule has 0 aliphatic rings. The van der Waals surface area contributed by atoms with E-state index in [-0.39, 0.29) is 5.69 Å². The molecule has 0 heterocycles. The Hall–Kier alpha value is -1.40. The SMILES string of the molecule is Cc1ccc(C(F)(F)F)cc1NCCC(F)(F)F. The molecule has 0 aromatic heterocycles. The summed E-state index contributed by atoms with van der Waals surface area (Å²) in [4.78, 5) is 0. The second kappa shape index (κ2) is 5.07. The Balaban J connectivity index is 2.76. The zero-order chi connectivity index (χ0) is 14.0. The number of hydrogen-bond acceptors (Lipinski definition) is 1. The highest BCUT2D eigenvalue weighted by molar-refractivity contribution is 5.53. The summed E-state index contributed by atoms with van der Waals surface area (Å²) in [5, 5.41) is 2.36. The van der Waals surface area contributed by atoms with Crippen LogP contribution in [0.3, 0.4) is 0 Å². The summed E-state index contributed by atoms with van der Waals surface area (Å²) in [5.74, 6) is 0. The molecule has 18 heavy (non-hydrogen) atoms. The number of alkyl halides is 6. The third kappa shape index (κ3) is 4.46. The third-order valence-corrected chi connectivity index (χ3v) is 2.29. The molecule has 0 unspecified atom stereocenters. The maximum Gasteiger partial charge on any atom is 0.416 e. The highest BCUT2D eigenvalue weighted by Crippen LogP contribution is 2.32. The molecule has 7 heteroatoms. The van der Waals surface area contributed by atoms with Gasteiger partial charge >= 0.3 is 12.4 Å². The van der Waals surface area contributed by atoms with Gasteiger partial charge in [-0.2, -0.15) is 26.3 Å². The molecule has 0 atom stereocenters. The quantitative estimate of drug-likeness (QED) is 0.804. The van der Waals surface area contributed by atoms with Gasteiger partial charge in [0.2, 0.25) is 0 Å². The lowest BCUT2D eigenvalue weighted by molar-refractivity contribution is -0.137. The topological polar surface area (TPSA) is 12.0 Å². The lowest BCUT2D eigenvalue weighted by Gasteiger charge is -2.14. The van der Waals surface area contributed by atoms with Gasteiger partial charge in [0.15, 0.2) is 0 Å². The minimum atomic E-state index is -4.51. The molecule has 1 rings (SSSR count). The van der Waals surface area contributed by atoms with Crippen molar-refractivity contribution in [3.05, 3.63) is 29.3 Å². The monoisotopic (exact) mass is 271 g/mol. The Labute approximate surface area is 99.8 Å². The predicted molar refractivity (Wildman–Crippen MR) is 55.3 cm³/mol. The first-order valence-electron chi connectivity index (χ1n) is 5.08. The Morgan fingerprint density at radius 2 is 1.67 bits per heavy atom. The van der Waals surface area contributed by atoms with Crippen molar-refractivity contribution in [1.82, 2.24) is 0 Å². The van der Waals surface area contributed by atoms with E-state index in [4.69, 9.17) is 0 Å². The molecule has 0 spiro atoms. The molecule has 1 aromatic rings. The van der Waals surface area contributed by atoms with Crippen LogP contribution in [-0.4, -0.2) is 12.7 Å². The molecule has 1 aromatic carbocycles. The molecule has 0 radical (unpaired) electrons. The summed E-state index contributed by atoms with van der Waals surface area (Å²) in [7, 11) is 0. The zero-order valence-corrected chi connectivity index (χ0v) is 9.41. The summed E-state index contributed by atoms with van der Waals surface area (Å²) in [6.45, 7) is 1.07. The fourth-order valence-electron chi connectivity index (χ4n) is 1.33. The molecule has 1 N–H and O–H groups in total. The van der Waals surface area contributed by atoms with Gasteiger partial charge < -0.3 is 5.32 Å². The number of rotatable bonds is 3. The van der Waals surface area contributed by atoms with Crippen LogP contribution in [0.25, 0.3) is 0 Å². The Morgan fingerprint density at radius 1 is 1.06 bits per heavy atom. The van der Waals surface area contributed by atoms with Crippen LogP contribution in [0.4, 0.5) is 32.0 Å². The van der Waals surface area contributed by atoms with Gasteiger partial charge in [-0.1, -0.05) is 6.07 Å². The standard InChI is InChI=1S/C11H11F6N/c1-7-2-3-8(11(15,16)17)6-9(7)18-5-4-10(12,13)14/h2-3,6,18H,4-5H2,1H3. The fourth-order valence-corrected chi connectivity index (χ4v) is 1.33. The molecule has 0 saturated heterocycles. The van der Waals surface area contributed by atoms with Crippen LogP contribution in [0.5, 0.6) is 0 Å². The first-order chi connectivity index (χ1) is 8.09. The molecule has 102 valence electrons. The van der Waals surface area contributed by atoms with E-state index in [2.05, 4.69) is 5.32 Å². The Bertz CT molecular complexity index is 407. The van der Waals surface area contributed by atoms with E-state index in [0.717, 1.165) is 12.1 Å². The molecule has 0 saturated carbocycles. The minimum Gasteiger partial charge on any atom is -0.384 e. The second-order valence-electron chi connectivity index (χ2n) is 3.82. The lowest BCUT2D eigenvalue weighted by Crippen LogP contribution is -2.15. The van der Waals surface area contributed by atoms with E-state index in [1.54, 1.807) is 0 Å². The van der Waals surface area contributed by atoms with Gasteiger partial charge in [0, 0.05) is 12.2 Å². The smallest absolute Gasteiger partial charge is 0.384 e. The average molecular weight is 271 g/mol. The van der Waals surface area contributed by atoms with Gasteiger partial charge in [0.05, 0.1) is 12.0 Å². The van der Waals surface area contributed by atoms with E-state index in [0.29, 0.717) is 5.56 Å². The molecule has 0 fully saturated rings. The zero-order valence-electron chi connectivity index (χ0n) is 9.41. The van der Waals surface area contributed by atoms with Crippen molar-refractivity contribution < 1.29 is 26.3 Å². The van der Waals surface area contributed by atoms with Gasteiger partial charge in [-0.25, -0.2) is 0 Å². The number of benzene rings is 1. The predicted octanol–water partition coefficient (Wildman–Crippen LogP) is 4.38. The Morgan fingerprint density at radius 3 is 2.17 bits per heavy atom. The van der Waals surface area contributed by atoms with Gasteiger partial charge in [0.1, 0.15) is 0 Å². The first-order valence-corrected chi connectivity index (χ1v) is 5.08. The highest BCUT2D eigenvalue weighted by Gasteiger charge is 2.31. The highest BCUT2D eigenvalue weighted by atomic mass is 19.4. The van der Waals surface area contributed by atoms with Crippen molar-refractivity contribution >= 4 is 5.69 Å². The molecule has 0 amide bonds. The van der Waals surface area contributed by atoms with Crippen LogP contribution >= 0.6 is 0 Å². The van der Waals surface area contributed by atoms with Gasteiger partial charge in [0.25, 0.3) is 0 Å². The van der Waals surface area contributed by atoms with Crippen LogP contribution in [0.2, 0.25) is 0 Å². The number of anilines is 1. The summed E-state index contributed by atoms with van der Waals surface area (Å²) >= 11 is 0. The van der Waals surface area contributed by atoms with Crippen molar-refractivity contribution in [1.29, 1.82) is 0 Å². The fraction of sp³-hybridized carbons (Fsp3) is 0.455. The van der Waals surface area contributed by atoms with Gasteiger partial charge in [-0.05, 0) is 24.6 Å². The van der Waals surface area contributed by atoms with Crippen LogP contribution < -0.4 is 5.32 Å². The third-order valence-electron chi connectivity index (χ3n) is 2.29. The lowest BCUT2D eigenvalue weighted by atomic mass is 10.1. The van der Waals surface area contributed by atoms with Gasteiger partial charge in [-0.15, -0.1) is 0 Å². The van der Waals surface area contributed by atoms with Crippen LogP contribution in [0, 0.1) is 6.92 Å². The van der Waals surface area contributed by atoms with Crippen molar-refractivity contribution in [2.75, 3.05) is 11.9 Å². The van der Waals surface area contributed by atoms with Crippen molar-refractivity contribution in [3.63, 3.8) is 0 Å². The van der Waals surface area contributed by atoms with E-state index in [9.17, 15) is 26.3 Å². The second-order valence-corrected chi connectivity index (χ2v) is 3.82. The summed E-state index contributed by atoms with van der Waals surface area (Å²) in [5.41, 5.74) is -0.359. The van der Waals surface area contributed by atoms with Crippen molar-refractivity contribution in [2.45, 2.75) is 25.7 Å². The van der Waals surface area contributed by atoms with Crippen molar-refractivity contribution in [2.24, 2.45) is 0 Å². The minimum absolute atomic E-state index is 0.0640. The van der Waals surface area contributed by atoms with E-state index >= 15 is 0 Å². The van der Waals surface area contributed by atoms with E-state index in [1.165, 1.54) is 13.0 Å². The largest absolute Gasteiger partial charge is 0.416 e. The molecular formula is C11H11F6N. The van der Waals surface area contributed by atoms with E-state index < -0.39 is 30.9 Å². The number of halogens is 6. The van der Waals surface area contributed by atoms with Crippen LogP contribution in [0.15, 0.2) is 18.2 Å². The maximum atomic E-state index is 12.4. The molecule has 0 bridgehead atoms. The van der Waals surface area contributed by atoms with E-state index in [1.807, 2.05) is 0 Å². The summed E-state index contributed by atoms with van der Waals surface area (Å²) in [6.07, 6.45) is -9.93. The first kappa shape index (κ1) is 14.7. The number of nitrogens with one attached hydrogen (secondary N) is 1. The summed E-state index contributed by atoms with van der Waals surface area (Å²) in [6, 6.07) is 2.93. The van der Waals surface area contributed by atoms with Crippen LogP contribution in [0.1, 0.15) is 17.5 Å². The summed E-state index contributed by atoms with van der Waals surface area (Å²) < 4.78 is 72.9. The van der Waals surface area contributed by atoms with Crippen LogP contribution in [-0.2, 0) is 6.18 Å². The molecule has 0 aliphatic carbocycles. The maximum absolute atomic E-state index is 12.4. The Kier molecular flexibility index (Phi) is 4.13. The molecular weight excluding hydrogens is 260 g/mol. The van der Waals surface area contributed by atoms with Gasteiger partial charge in [-0.3, -0.25) is 0 Å². The molecule has 1 nitrogen and oxygen atoms in total. The van der Waals surface area contributed by atoms with Crippen molar-refractivity contribution in [3.8, 4) is 0 Å². The number of aryl methyl sites for hydroxylation is 1. The normalized spacial score (nSPS) is 12.6. The molecule has 0 aliphatic heterocycles. The number of hydrogen-bond donors (Lipinski definition) is 1.